The van der Waals surface area contributed by atoms with Crippen LogP contribution >= 0.6 is 0 Å². The predicted molar refractivity (Wildman–Crippen MR) is 63.3 cm³/mol. The Labute approximate surface area is 105 Å². The molecule has 0 aliphatic heterocycles. The Bertz CT molecular complexity index is 429. The van der Waals surface area contributed by atoms with E-state index >= 15 is 0 Å². The zero-order valence-corrected chi connectivity index (χ0v) is 10.1. The highest BCUT2D eigenvalue weighted by Gasteiger charge is 2.36. The van der Waals surface area contributed by atoms with Crippen molar-refractivity contribution in [2.45, 2.75) is 44.1 Å². The molecular weight excluding hydrogens is 238 g/mol. The van der Waals surface area contributed by atoms with Gasteiger partial charge in [0.25, 0.3) is 0 Å². The summed E-state index contributed by atoms with van der Waals surface area (Å²) >= 11 is 0. The molecule has 0 saturated heterocycles. The molecule has 18 heavy (non-hydrogen) atoms. The summed E-state index contributed by atoms with van der Waals surface area (Å²) in [7, 11) is 0. The summed E-state index contributed by atoms with van der Waals surface area (Å²) in [6.45, 7) is 0. The van der Waals surface area contributed by atoms with Gasteiger partial charge >= 0.3 is 0 Å². The third kappa shape index (κ3) is 2.75. The number of halogens is 2. The Balaban J connectivity index is 2.28. The number of benzene rings is 1. The third-order valence-corrected chi connectivity index (χ3v) is 3.48. The van der Waals surface area contributed by atoms with E-state index in [9.17, 15) is 18.7 Å². The number of aliphatic hydroxyl groups is 1. The number of hydrogen-bond donors (Lipinski definition) is 1. The number of carbonyl (C=O) groups is 1. The number of hydrogen-bond acceptors (Lipinski definition) is 2. The Morgan fingerprint density at radius 3 is 2.00 bits per heavy atom. The van der Waals surface area contributed by atoms with Crippen molar-refractivity contribution in [3.63, 3.8) is 0 Å². The van der Waals surface area contributed by atoms with E-state index in [1.54, 1.807) is 0 Å². The Morgan fingerprint density at radius 1 is 1.00 bits per heavy atom. The van der Waals surface area contributed by atoms with Crippen LogP contribution in [0, 0.1) is 11.6 Å². The summed E-state index contributed by atoms with van der Waals surface area (Å²) in [6.07, 6.45) is 4.22. The van der Waals surface area contributed by atoms with Crippen LogP contribution in [0.15, 0.2) is 18.2 Å². The van der Waals surface area contributed by atoms with Crippen LogP contribution in [0.25, 0.3) is 0 Å². The third-order valence-electron chi connectivity index (χ3n) is 3.48. The summed E-state index contributed by atoms with van der Waals surface area (Å²) in [5, 5.41) is 10.4. The molecule has 2 rings (SSSR count). The van der Waals surface area contributed by atoms with E-state index in [-0.39, 0.29) is 5.56 Å². The van der Waals surface area contributed by atoms with E-state index < -0.39 is 23.0 Å². The van der Waals surface area contributed by atoms with Gasteiger partial charge in [0.2, 0.25) is 0 Å². The molecule has 0 aromatic heterocycles. The smallest absolute Gasteiger partial charge is 0.194 e. The molecule has 1 aromatic rings. The van der Waals surface area contributed by atoms with Gasteiger partial charge in [-0.2, -0.15) is 0 Å². The van der Waals surface area contributed by atoms with Gasteiger partial charge in [-0.3, -0.25) is 4.79 Å². The summed E-state index contributed by atoms with van der Waals surface area (Å²) in [4.78, 5) is 12.2. The summed E-state index contributed by atoms with van der Waals surface area (Å²) < 4.78 is 26.2. The SMILES string of the molecule is O=C(c1cc(F)cc(F)c1)C1(O)CCCCCC1. The first-order valence-corrected chi connectivity index (χ1v) is 6.24. The molecule has 98 valence electrons. The average molecular weight is 254 g/mol. The van der Waals surface area contributed by atoms with Gasteiger partial charge in [-0.15, -0.1) is 0 Å². The van der Waals surface area contributed by atoms with E-state index in [4.69, 9.17) is 0 Å². The minimum absolute atomic E-state index is 0.0862. The topological polar surface area (TPSA) is 37.3 Å². The van der Waals surface area contributed by atoms with Crippen molar-refractivity contribution in [1.82, 2.24) is 0 Å². The molecule has 0 bridgehead atoms. The monoisotopic (exact) mass is 254 g/mol. The van der Waals surface area contributed by atoms with Gasteiger partial charge in [0, 0.05) is 11.6 Å². The maximum absolute atomic E-state index is 13.1. The first kappa shape index (κ1) is 13.1. The molecular formula is C14H16F2O2. The second-order valence-electron chi connectivity index (χ2n) is 4.93. The molecule has 4 heteroatoms. The van der Waals surface area contributed by atoms with E-state index in [0.717, 1.165) is 37.8 Å². The lowest BCUT2D eigenvalue weighted by Gasteiger charge is -2.24. The highest BCUT2D eigenvalue weighted by atomic mass is 19.1. The largest absolute Gasteiger partial charge is 0.382 e. The molecule has 0 radical (unpaired) electrons. The highest BCUT2D eigenvalue weighted by Crippen LogP contribution is 2.30. The Kier molecular flexibility index (Phi) is 3.76. The lowest BCUT2D eigenvalue weighted by molar-refractivity contribution is 0.0237. The van der Waals surface area contributed by atoms with E-state index in [0.29, 0.717) is 18.9 Å². The first-order chi connectivity index (χ1) is 8.51. The molecule has 1 aliphatic rings. The van der Waals surface area contributed by atoms with E-state index in [2.05, 4.69) is 0 Å². The van der Waals surface area contributed by atoms with Gasteiger partial charge in [0.05, 0.1) is 0 Å². The van der Waals surface area contributed by atoms with Gasteiger partial charge in [-0.1, -0.05) is 25.7 Å². The maximum Gasteiger partial charge on any atom is 0.194 e. The van der Waals surface area contributed by atoms with E-state index in [1.807, 2.05) is 0 Å². The molecule has 1 saturated carbocycles. The summed E-state index contributed by atoms with van der Waals surface area (Å²) in [5.74, 6) is -2.16. The summed E-state index contributed by atoms with van der Waals surface area (Å²) in [5.41, 5.74) is -1.55. The minimum atomic E-state index is -1.46. The quantitative estimate of drug-likeness (QED) is 0.650. The molecule has 1 N–H and O–H groups in total. The van der Waals surface area contributed by atoms with Crippen LogP contribution in [0.3, 0.4) is 0 Å². The van der Waals surface area contributed by atoms with Crippen LogP contribution in [-0.4, -0.2) is 16.5 Å². The van der Waals surface area contributed by atoms with Gasteiger partial charge in [0.15, 0.2) is 5.78 Å². The van der Waals surface area contributed by atoms with Crippen LogP contribution < -0.4 is 0 Å². The van der Waals surface area contributed by atoms with Crippen molar-refractivity contribution >= 4 is 5.78 Å². The zero-order chi connectivity index (χ0) is 13.2. The molecule has 0 heterocycles. The van der Waals surface area contributed by atoms with Crippen molar-refractivity contribution in [1.29, 1.82) is 0 Å². The average Bonchev–Trinajstić information content (AvgIpc) is 2.53. The number of Topliss-reactive ketones (excluding diaryl/α,β-unsaturated/α-hetero) is 1. The van der Waals surface area contributed by atoms with Crippen molar-refractivity contribution in [2.24, 2.45) is 0 Å². The number of rotatable bonds is 2. The van der Waals surface area contributed by atoms with Crippen molar-refractivity contribution in [2.75, 3.05) is 0 Å². The standard InChI is InChI=1S/C14H16F2O2/c15-11-7-10(8-12(16)9-11)13(17)14(18)5-3-1-2-4-6-14/h7-9,18H,1-6H2. The number of ketones is 1. The Hall–Kier alpha value is -1.29. The molecule has 0 amide bonds. The zero-order valence-electron chi connectivity index (χ0n) is 10.1. The first-order valence-electron chi connectivity index (χ1n) is 6.24. The van der Waals surface area contributed by atoms with Gasteiger partial charge in [-0.25, -0.2) is 8.78 Å². The van der Waals surface area contributed by atoms with Crippen LogP contribution in [0.1, 0.15) is 48.9 Å². The second kappa shape index (κ2) is 5.14. The molecule has 2 nitrogen and oxygen atoms in total. The number of carbonyl (C=O) groups excluding carboxylic acids is 1. The van der Waals surface area contributed by atoms with Gasteiger partial charge in [0.1, 0.15) is 17.2 Å². The van der Waals surface area contributed by atoms with Crippen molar-refractivity contribution < 1.29 is 18.7 Å². The Morgan fingerprint density at radius 2 is 1.50 bits per heavy atom. The van der Waals surface area contributed by atoms with Gasteiger partial charge in [-0.05, 0) is 25.0 Å². The maximum atomic E-state index is 13.1. The van der Waals surface area contributed by atoms with Crippen molar-refractivity contribution in [3.8, 4) is 0 Å². The normalized spacial score (nSPS) is 19.3. The molecule has 0 atom stereocenters. The van der Waals surface area contributed by atoms with Crippen LogP contribution in [-0.2, 0) is 0 Å². The molecule has 1 fully saturated rings. The fourth-order valence-corrected chi connectivity index (χ4v) is 2.49. The minimum Gasteiger partial charge on any atom is -0.382 e. The van der Waals surface area contributed by atoms with Gasteiger partial charge < -0.3 is 5.11 Å². The second-order valence-corrected chi connectivity index (χ2v) is 4.93. The molecule has 0 unspecified atom stereocenters. The lowest BCUT2D eigenvalue weighted by atomic mass is 9.86. The fourth-order valence-electron chi connectivity index (χ4n) is 2.49. The summed E-state index contributed by atoms with van der Waals surface area (Å²) in [6, 6.07) is 2.68. The highest BCUT2D eigenvalue weighted by molar-refractivity contribution is 6.02. The van der Waals surface area contributed by atoms with Crippen LogP contribution in [0.4, 0.5) is 8.78 Å². The predicted octanol–water partition coefficient (Wildman–Crippen LogP) is 3.23. The molecule has 0 spiro atoms. The fraction of sp³-hybridized carbons (Fsp3) is 0.500. The molecule has 1 aliphatic carbocycles. The van der Waals surface area contributed by atoms with Crippen molar-refractivity contribution in [3.05, 3.63) is 35.4 Å². The van der Waals surface area contributed by atoms with E-state index in [1.165, 1.54) is 0 Å². The molecule has 1 aromatic carbocycles. The van der Waals surface area contributed by atoms with Crippen LogP contribution in [0.2, 0.25) is 0 Å². The van der Waals surface area contributed by atoms with Crippen LogP contribution in [0.5, 0.6) is 0 Å². The lowest BCUT2D eigenvalue weighted by Crippen LogP contribution is -2.38.